The van der Waals surface area contributed by atoms with Gasteiger partial charge in [-0.3, -0.25) is 9.59 Å². The fourth-order valence-corrected chi connectivity index (χ4v) is 4.87. The maximum absolute atomic E-state index is 13.0. The lowest BCUT2D eigenvalue weighted by atomic mass is 9.92. The van der Waals surface area contributed by atoms with Crippen molar-refractivity contribution < 1.29 is 18.0 Å². The van der Waals surface area contributed by atoms with Crippen LogP contribution in [-0.2, 0) is 14.8 Å². The number of likely N-dealkylation sites (tertiary alicyclic amines) is 1. The van der Waals surface area contributed by atoms with Crippen LogP contribution in [0.4, 0.5) is 0 Å². The lowest BCUT2D eigenvalue weighted by Gasteiger charge is -2.37. The molecule has 0 spiro atoms. The predicted octanol–water partition coefficient (Wildman–Crippen LogP) is 2.28. The summed E-state index contributed by atoms with van der Waals surface area (Å²) in [5, 5.41) is 2.96. The molecular formula is C21H31N3O4S. The summed E-state index contributed by atoms with van der Waals surface area (Å²) in [7, 11) is -3.53. The second-order valence-electron chi connectivity index (χ2n) is 8.15. The van der Waals surface area contributed by atoms with Crippen molar-refractivity contribution in [2.24, 2.45) is 5.92 Å². The zero-order valence-corrected chi connectivity index (χ0v) is 18.0. The molecule has 0 radical (unpaired) electrons. The van der Waals surface area contributed by atoms with Crippen LogP contribution in [0.15, 0.2) is 29.2 Å². The van der Waals surface area contributed by atoms with Gasteiger partial charge in [0, 0.05) is 30.7 Å². The van der Waals surface area contributed by atoms with E-state index < -0.39 is 10.0 Å². The summed E-state index contributed by atoms with van der Waals surface area (Å²) in [5.74, 6) is -0.354. The summed E-state index contributed by atoms with van der Waals surface area (Å²) in [6.45, 7) is 5.12. The van der Waals surface area contributed by atoms with Crippen molar-refractivity contribution in [3.8, 4) is 0 Å². The number of sulfonamides is 1. The molecule has 7 nitrogen and oxygen atoms in total. The Balaban J connectivity index is 1.65. The zero-order chi connectivity index (χ0) is 21.0. The number of nitrogens with one attached hydrogen (secondary N) is 2. The third kappa shape index (κ3) is 5.57. The number of hydrogen-bond donors (Lipinski definition) is 2. The van der Waals surface area contributed by atoms with E-state index in [1.54, 1.807) is 17.0 Å². The van der Waals surface area contributed by atoms with E-state index in [9.17, 15) is 18.0 Å². The second-order valence-corrected chi connectivity index (χ2v) is 9.86. The molecule has 1 aliphatic carbocycles. The minimum Gasteiger partial charge on any atom is -0.356 e. The Kier molecular flexibility index (Phi) is 6.95. The summed E-state index contributed by atoms with van der Waals surface area (Å²) in [4.78, 5) is 27.3. The number of benzene rings is 1. The molecule has 2 unspecified atom stereocenters. The number of rotatable bonds is 8. The van der Waals surface area contributed by atoms with Crippen molar-refractivity contribution in [1.29, 1.82) is 0 Å². The van der Waals surface area contributed by atoms with Crippen molar-refractivity contribution in [1.82, 2.24) is 14.9 Å². The standard InChI is InChI=1S/C21H31N3O4S/c1-3-4-13-22-20(25)17-6-5-15(2)24(14-17)21(26)16-7-11-19(12-8-16)29(27,28)23-18-9-10-18/h7-8,11-12,15,17-18,23H,3-6,9-10,13-14H2,1-2H3,(H,22,25). The largest absolute Gasteiger partial charge is 0.356 e. The Morgan fingerprint density at radius 3 is 2.41 bits per heavy atom. The molecule has 2 N–H and O–H groups in total. The van der Waals surface area contributed by atoms with Crippen molar-refractivity contribution in [3.63, 3.8) is 0 Å². The highest BCUT2D eigenvalue weighted by atomic mass is 32.2. The lowest BCUT2D eigenvalue weighted by Crippen LogP contribution is -2.49. The van der Waals surface area contributed by atoms with Crippen LogP contribution >= 0.6 is 0 Å². The van der Waals surface area contributed by atoms with E-state index in [0.717, 1.165) is 38.5 Å². The number of unbranched alkanes of at least 4 members (excludes halogenated alkanes) is 1. The van der Waals surface area contributed by atoms with Gasteiger partial charge in [-0.2, -0.15) is 0 Å². The number of nitrogens with zero attached hydrogens (tertiary/aromatic N) is 1. The molecule has 2 atom stereocenters. The Bertz CT molecular complexity index is 834. The summed E-state index contributed by atoms with van der Waals surface area (Å²) in [5.41, 5.74) is 0.439. The number of carbonyl (C=O) groups is 2. The number of piperidine rings is 1. The van der Waals surface area contributed by atoms with Gasteiger partial charge in [0.05, 0.1) is 10.8 Å². The fraction of sp³-hybridized carbons (Fsp3) is 0.619. The first kappa shape index (κ1) is 21.8. The zero-order valence-electron chi connectivity index (χ0n) is 17.2. The maximum Gasteiger partial charge on any atom is 0.254 e. The molecule has 1 aromatic rings. The smallest absolute Gasteiger partial charge is 0.254 e. The van der Waals surface area contributed by atoms with Crippen LogP contribution in [0.25, 0.3) is 0 Å². The first-order valence-corrected chi connectivity index (χ1v) is 12.0. The van der Waals surface area contributed by atoms with Gasteiger partial charge in [-0.1, -0.05) is 13.3 Å². The molecule has 2 amide bonds. The molecule has 2 aliphatic rings. The first-order valence-electron chi connectivity index (χ1n) is 10.5. The number of carbonyl (C=O) groups excluding carboxylic acids is 2. The van der Waals surface area contributed by atoms with Gasteiger partial charge in [-0.25, -0.2) is 13.1 Å². The van der Waals surface area contributed by atoms with Gasteiger partial charge < -0.3 is 10.2 Å². The molecule has 1 aromatic carbocycles. The third-order valence-corrected chi connectivity index (χ3v) is 7.19. The van der Waals surface area contributed by atoms with Gasteiger partial charge in [-0.05, 0) is 63.3 Å². The van der Waals surface area contributed by atoms with Crippen LogP contribution in [0.5, 0.6) is 0 Å². The van der Waals surface area contributed by atoms with E-state index in [-0.39, 0.29) is 34.7 Å². The Hall–Kier alpha value is -1.93. The molecule has 0 aromatic heterocycles. The molecular weight excluding hydrogens is 390 g/mol. The summed E-state index contributed by atoms with van der Waals surface area (Å²) in [6.07, 6.45) is 5.25. The van der Waals surface area contributed by atoms with E-state index in [2.05, 4.69) is 17.0 Å². The van der Waals surface area contributed by atoms with Crippen molar-refractivity contribution >= 4 is 21.8 Å². The Morgan fingerprint density at radius 2 is 1.79 bits per heavy atom. The normalized spacial score (nSPS) is 22.3. The van der Waals surface area contributed by atoms with Gasteiger partial charge in [0.1, 0.15) is 0 Å². The second kappa shape index (κ2) is 9.26. The van der Waals surface area contributed by atoms with Crippen LogP contribution in [0.3, 0.4) is 0 Å². The highest BCUT2D eigenvalue weighted by Crippen LogP contribution is 2.25. The Morgan fingerprint density at radius 1 is 1.10 bits per heavy atom. The molecule has 29 heavy (non-hydrogen) atoms. The predicted molar refractivity (Wildman–Crippen MR) is 111 cm³/mol. The molecule has 1 aliphatic heterocycles. The van der Waals surface area contributed by atoms with Crippen LogP contribution in [-0.4, -0.2) is 50.3 Å². The molecule has 8 heteroatoms. The monoisotopic (exact) mass is 421 g/mol. The molecule has 3 rings (SSSR count). The first-order chi connectivity index (χ1) is 13.8. The molecule has 1 saturated heterocycles. The lowest BCUT2D eigenvalue weighted by molar-refractivity contribution is -0.126. The van der Waals surface area contributed by atoms with Gasteiger partial charge in [0.15, 0.2) is 0 Å². The van der Waals surface area contributed by atoms with Crippen molar-refractivity contribution in [2.45, 2.75) is 69.4 Å². The average Bonchev–Trinajstić information content (AvgIpc) is 3.51. The minimum absolute atomic E-state index is 0.00995. The highest BCUT2D eigenvalue weighted by Gasteiger charge is 2.33. The van der Waals surface area contributed by atoms with Crippen molar-refractivity contribution in [2.75, 3.05) is 13.1 Å². The number of amides is 2. The van der Waals surface area contributed by atoms with E-state index >= 15 is 0 Å². The quantitative estimate of drug-likeness (QED) is 0.630. The topological polar surface area (TPSA) is 95.6 Å². The van der Waals surface area contributed by atoms with Gasteiger partial charge >= 0.3 is 0 Å². The average molecular weight is 422 g/mol. The molecule has 160 valence electrons. The maximum atomic E-state index is 13.0. The van der Waals surface area contributed by atoms with Gasteiger partial charge in [0.25, 0.3) is 5.91 Å². The Labute approximate surface area is 173 Å². The molecule has 0 bridgehead atoms. The summed E-state index contributed by atoms with van der Waals surface area (Å²) >= 11 is 0. The van der Waals surface area contributed by atoms with E-state index in [1.807, 2.05) is 6.92 Å². The summed E-state index contributed by atoms with van der Waals surface area (Å²) in [6, 6.07) is 6.14. The molecule has 1 heterocycles. The number of hydrogen-bond acceptors (Lipinski definition) is 4. The van der Waals surface area contributed by atoms with Crippen LogP contribution in [0.1, 0.15) is 62.7 Å². The molecule has 1 saturated carbocycles. The molecule has 2 fully saturated rings. The highest BCUT2D eigenvalue weighted by molar-refractivity contribution is 7.89. The van der Waals surface area contributed by atoms with Crippen LogP contribution < -0.4 is 10.0 Å². The van der Waals surface area contributed by atoms with E-state index in [1.165, 1.54) is 12.1 Å². The fourth-order valence-electron chi connectivity index (χ4n) is 3.57. The van der Waals surface area contributed by atoms with E-state index in [0.29, 0.717) is 18.7 Å². The SMILES string of the molecule is CCCCNC(=O)C1CCC(C)N(C(=O)c2ccc(S(=O)(=O)NC3CC3)cc2)C1. The van der Waals surface area contributed by atoms with Gasteiger partial charge in [-0.15, -0.1) is 0 Å². The minimum atomic E-state index is -3.53. The van der Waals surface area contributed by atoms with Crippen molar-refractivity contribution in [3.05, 3.63) is 29.8 Å². The third-order valence-electron chi connectivity index (χ3n) is 5.65. The van der Waals surface area contributed by atoms with Gasteiger partial charge in [0.2, 0.25) is 15.9 Å². The van der Waals surface area contributed by atoms with Crippen LogP contribution in [0, 0.1) is 5.92 Å². The van der Waals surface area contributed by atoms with Crippen LogP contribution in [0.2, 0.25) is 0 Å². The summed E-state index contributed by atoms with van der Waals surface area (Å²) < 4.78 is 27.2. The van der Waals surface area contributed by atoms with E-state index in [4.69, 9.17) is 0 Å².